The Morgan fingerprint density at radius 1 is 1.14 bits per heavy atom. The normalized spacial score (nSPS) is 8.50. The van der Waals surface area contributed by atoms with Crippen LogP contribution in [0.25, 0.3) is 0 Å². The molecule has 2 aromatic rings. The Bertz CT molecular complexity index is 658. The Morgan fingerprint density at radius 3 is 2.27 bits per heavy atom. The zero-order chi connectivity index (χ0) is 17.1. The van der Waals surface area contributed by atoms with Gasteiger partial charge in [-0.25, -0.2) is 4.98 Å². The van der Waals surface area contributed by atoms with Crippen LogP contribution in [0.4, 0.5) is 0 Å². The van der Waals surface area contributed by atoms with Crippen molar-refractivity contribution in [2.45, 2.75) is 41.5 Å². The molecule has 22 heavy (non-hydrogen) atoms. The molecule has 0 amide bonds. The number of aryl methyl sites for hydroxylation is 2. The van der Waals surface area contributed by atoms with Gasteiger partial charge in [0.2, 0.25) is 0 Å². The minimum atomic E-state index is 0.0542. The number of nitrogens with zero attached hydrogens (tertiary/aromatic N) is 2. The van der Waals surface area contributed by atoms with Gasteiger partial charge in [-0.3, -0.25) is 4.79 Å². The molecule has 0 aliphatic rings. The number of benzene rings is 1. The van der Waals surface area contributed by atoms with Gasteiger partial charge in [-0.15, -0.1) is 0 Å². The van der Waals surface area contributed by atoms with Crippen LogP contribution in [0, 0.1) is 18.8 Å². The van der Waals surface area contributed by atoms with Gasteiger partial charge in [0.1, 0.15) is 5.69 Å². The van der Waals surface area contributed by atoms with Crippen LogP contribution in [-0.2, 0) is 7.05 Å². The first kappa shape index (κ1) is 19.7. The highest BCUT2D eigenvalue weighted by molar-refractivity contribution is 5.94. The Labute approximate surface area is 134 Å². The van der Waals surface area contributed by atoms with Crippen molar-refractivity contribution < 1.29 is 4.79 Å². The second kappa shape index (κ2) is 10.4. The average molecular weight is 298 g/mol. The van der Waals surface area contributed by atoms with E-state index >= 15 is 0 Å². The van der Waals surface area contributed by atoms with E-state index in [-0.39, 0.29) is 5.78 Å². The van der Waals surface area contributed by atoms with E-state index in [0.29, 0.717) is 5.56 Å². The molecule has 0 aliphatic heterocycles. The summed E-state index contributed by atoms with van der Waals surface area (Å²) < 4.78 is 1.86. The fraction of sp³-hybridized carbons (Fsp3) is 0.368. The molecule has 1 aromatic carbocycles. The maximum absolute atomic E-state index is 11.3. The molecule has 1 aromatic heterocycles. The smallest absolute Gasteiger partial charge is 0.159 e. The molecule has 0 aliphatic carbocycles. The van der Waals surface area contributed by atoms with Crippen molar-refractivity contribution in [1.82, 2.24) is 9.55 Å². The largest absolute Gasteiger partial charge is 0.327 e. The van der Waals surface area contributed by atoms with Crippen LogP contribution in [-0.4, -0.2) is 15.3 Å². The topological polar surface area (TPSA) is 34.9 Å². The minimum absolute atomic E-state index is 0.0542. The van der Waals surface area contributed by atoms with Crippen molar-refractivity contribution in [3.05, 3.63) is 53.1 Å². The van der Waals surface area contributed by atoms with Crippen LogP contribution in [0.2, 0.25) is 0 Å². The van der Waals surface area contributed by atoms with Crippen LogP contribution in [0.5, 0.6) is 0 Å². The molecule has 0 spiro atoms. The second-order valence-corrected chi connectivity index (χ2v) is 4.23. The fourth-order valence-corrected chi connectivity index (χ4v) is 1.58. The number of carbonyl (C=O) groups is 1. The van der Waals surface area contributed by atoms with E-state index in [9.17, 15) is 4.79 Å². The van der Waals surface area contributed by atoms with Crippen molar-refractivity contribution in [1.29, 1.82) is 0 Å². The lowest BCUT2D eigenvalue weighted by Crippen LogP contribution is -1.94. The lowest BCUT2D eigenvalue weighted by atomic mass is 10.0. The molecule has 0 bridgehead atoms. The number of rotatable bonds is 1. The van der Waals surface area contributed by atoms with E-state index < -0.39 is 0 Å². The van der Waals surface area contributed by atoms with Gasteiger partial charge < -0.3 is 4.57 Å². The molecule has 0 N–H and O–H groups in total. The molecule has 3 nitrogen and oxygen atoms in total. The van der Waals surface area contributed by atoms with Gasteiger partial charge >= 0.3 is 0 Å². The van der Waals surface area contributed by atoms with Gasteiger partial charge in [0, 0.05) is 18.2 Å². The molecule has 0 saturated heterocycles. The zero-order valence-corrected chi connectivity index (χ0v) is 14.7. The first-order chi connectivity index (χ1) is 10.6. The average Bonchev–Trinajstić information content (AvgIpc) is 2.95. The molecule has 118 valence electrons. The third-order valence-corrected chi connectivity index (χ3v) is 2.79. The second-order valence-electron chi connectivity index (χ2n) is 4.23. The summed E-state index contributed by atoms with van der Waals surface area (Å²) in [7, 11) is 1.90. The third kappa shape index (κ3) is 5.57. The van der Waals surface area contributed by atoms with Gasteiger partial charge in [-0.2, -0.15) is 0 Å². The summed E-state index contributed by atoms with van der Waals surface area (Å²) in [6, 6.07) is 5.58. The Kier molecular flexibility index (Phi) is 9.29. The van der Waals surface area contributed by atoms with E-state index in [4.69, 9.17) is 0 Å². The number of Topliss-reactive ketones (excluding diaryl/α,β-unsaturated/α-hetero) is 1. The lowest BCUT2D eigenvalue weighted by Gasteiger charge is -2.00. The molecule has 0 saturated carbocycles. The Hall–Kier alpha value is -2.34. The zero-order valence-electron chi connectivity index (χ0n) is 14.7. The van der Waals surface area contributed by atoms with E-state index in [1.807, 2.05) is 64.4 Å². The first-order valence-corrected chi connectivity index (χ1v) is 7.68. The molecular formula is C19H26N2O. The standard InChI is InChI=1S/C15H14N2O.2C2H6/c1-11-4-5-14(12(2)18)8-13(11)6-7-15-9-16-10-17(15)3;2*1-2/h4-5,8-10H,1-3H3;2*1-2H3. The minimum Gasteiger partial charge on any atom is -0.327 e. The van der Waals surface area contributed by atoms with Crippen LogP contribution in [0.3, 0.4) is 0 Å². The van der Waals surface area contributed by atoms with E-state index in [1.165, 1.54) is 0 Å². The Balaban J connectivity index is 0.00000102. The monoisotopic (exact) mass is 298 g/mol. The van der Waals surface area contributed by atoms with Crippen molar-refractivity contribution in [2.24, 2.45) is 7.05 Å². The summed E-state index contributed by atoms with van der Waals surface area (Å²) in [5.74, 6) is 6.20. The van der Waals surface area contributed by atoms with Gasteiger partial charge in [-0.05, 0) is 31.4 Å². The van der Waals surface area contributed by atoms with Crippen molar-refractivity contribution in [3.8, 4) is 11.8 Å². The summed E-state index contributed by atoms with van der Waals surface area (Å²) in [5.41, 5.74) is 3.48. The quantitative estimate of drug-likeness (QED) is 0.578. The van der Waals surface area contributed by atoms with Crippen molar-refractivity contribution in [3.63, 3.8) is 0 Å². The number of carbonyl (C=O) groups excluding carboxylic acids is 1. The van der Waals surface area contributed by atoms with Gasteiger partial charge in [0.25, 0.3) is 0 Å². The highest BCUT2D eigenvalue weighted by atomic mass is 16.1. The predicted molar refractivity (Wildman–Crippen MR) is 93.1 cm³/mol. The van der Waals surface area contributed by atoms with Crippen molar-refractivity contribution >= 4 is 5.78 Å². The van der Waals surface area contributed by atoms with Crippen LogP contribution in [0.1, 0.15) is 61.8 Å². The molecule has 0 unspecified atom stereocenters. The Morgan fingerprint density at radius 2 is 1.77 bits per heavy atom. The molecule has 2 rings (SSSR count). The summed E-state index contributed by atoms with van der Waals surface area (Å²) in [6.45, 7) is 11.5. The summed E-state index contributed by atoms with van der Waals surface area (Å²) in [6.07, 6.45) is 3.43. The number of hydrogen-bond donors (Lipinski definition) is 0. The van der Waals surface area contributed by atoms with E-state index in [1.54, 1.807) is 19.4 Å². The fourth-order valence-electron chi connectivity index (χ4n) is 1.58. The number of ketones is 1. The van der Waals surface area contributed by atoms with Gasteiger partial charge in [0.15, 0.2) is 5.78 Å². The third-order valence-electron chi connectivity index (χ3n) is 2.79. The molecule has 0 radical (unpaired) electrons. The molecular weight excluding hydrogens is 272 g/mol. The molecule has 0 fully saturated rings. The number of imidazole rings is 1. The SMILES string of the molecule is CC.CC.CC(=O)c1ccc(C)c(C#Cc2cncn2C)c1. The summed E-state index contributed by atoms with van der Waals surface area (Å²) in [5, 5.41) is 0. The van der Waals surface area contributed by atoms with Crippen LogP contribution in [0.15, 0.2) is 30.7 Å². The maximum Gasteiger partial charge on any atom is 0.159 e. The van der Waals surface area contributed by atoms with Gasteiger partial charge in [-0.1, -0.05) is 45.7 Å². The first-order valence-electron chi connectivity index (χ1n) is 7.68. The molecule has 3 heteroatoms. The van der Waals surface area contributed by atoms with Crippen molar-refractivity contribution in [2.75, 3.05) is 0 Å². The highest BCUT2D eigenvalue weighted by Gasteiger charge is 2.02. The highest BCUT2D eigenvalue weighted by Crippen LogP contribution is 2.11. The number of hydrogen-bond acceptors (Lipinski definition) is 2. The van der Waals surface area contributed by atoms with Crippen LogP contribution < -0.4 is 0 Å². The van der Waals surface area contributed by atoms with E-state index in [0.717, 1.165) is 16.8 Å². The summed E-state index contributed by atoms with van der Waals surface area (Å²) in [4.78, 5) is 15.3. The van der Waals surface area contributed by atoms with Gasteiger partial charge in [0.05, 0.1) is 12.5 Å². The molecule has 0 atom stereocenters. The molecule has 1 heterocycles. The summed E-state index contributed by atoms with van der Waals surface area (Å²) >= 11 is 0. The predicted octanol–water partition coefficient (Wildman–Crippen LogP) is 4.38. The maximum atomic E-state index is 11.3. The number of aromatic nitrogens is 2. The van der Waals surface area contributed by atoms with E-state index in [2.05, 4.69) is 16.8 Å². The lowest BCUT2D eigenvalue weighted by molar-refractivity contribution is 0.101. The van der Waals surface area contributed by atoms with Crippen LogP contribution >= 0.6 is 0 Å².